The summed E-state index contributed by atoms with van der Waals surface area (Å²) < 4.78 is 5.84. The first kappa shape index (κ1) is 19.4. The molecular formula is C16H34N4O2. The molecule has 1 saturated heterocycles. The van der Waals surface area contributed by atoms with Gasteiger partial charge in [0.15, 0.2) is 0 Å². The number of carbonyl (C=O) groups excluding carboxylic acids is 1. The smallest absolute Gasteiger partial charge is 0.234 e. The lowest BCUT2D eigenvalue weighted by Crippen LogP contribution is -2.44. The van der Waals surface area contributed by atoms with Gasteiger partial charge in [-0.3, -0.25) is 9.69 Å². The predicted octanol–water partition coefficient (Wildman–Crippen LogP) is 0.191. The number of amides is 1. The average molecular weight is 314 g/mol. The second kappa shape index (κ2) is 11.8. The summed E-state index contributed by atoms with van der Waals surface area (Å²) in [4.78, 5) is 14.1. The summed E-state index contributed by atoms with van der Waals surface area (Å²) >= 11 is 0. The fourth-order valence-electron chi connectivity index (χ4n) is 2.53. The van der Waals surface area contributed by atoms with Crippen molar-refractivity contribution in [2.45, 2.75) is 45.8 Å². The minimum atomic E-state index is 0.122. The summed E-state index contributed by atoms with van der Waals surface area (Å²) in [6.45, 7) is 12.9. The van der Waals surface area contributed by atoms with Gasteiger partial charge in [0, 0.05) is 38.8 Å². The van der Waals surface area contributed by atoms with Crippen LogP contribution >= 0.6 is 0 Å². The molecule has 22 heavy (non-hydrogen) atoms. The molecule has 1 rings (SSSR count). The first-order valence-corrected chi connectivity index (χ1v) is 8.66. The number of piperidine rings is 1. The summed E-state index contributed by atoms with van der Waals surface area (Å²) in [5, 5.41) is 9.51. The molecule has 1 aliphatic heterocycles. The molecule has 130 valence electrons. The lowest BCUT2D eigenvalue weighted by Gasteiger charge is -2.31. The molecule has 0 aromatic heterocycles. The van der Waals surface area contributed by atoms with Gasteiger partial charge in [-0.15, -0.1) is 0 Å². The van der Waals surface area contributed by atoms with Crippen LogP contribution in [0.1, 0.15) is 33.6 Å². The van der Waals surface area contributed by atoms with Gasteiger partial charge in [0.05, 0.1) is 19.3 Å². The maximum Gasteiger partial charge on any atom is 0.234 e. The van der Waals surface area contributed by atoms with E-state index >= 15 is 0 Å². The van der Waals surface area contributed by atoms with Gasteiger partial charge in [-0.2, -0.15) is 0 Å². The van der Waals surface area contributed by atoms with E-state index in [9.17, 15) is 4.79 Å². The van der Waals surface area contributed by atoms with Crippen molar-refractivity contribution in [2.24, 2.45) is 0 Å². The average Bonchev–Trinajstić information content (AvgIpc) is 2.49. The van der Waals surface area contributed by atoms with E-state index in [2.05, 4.69) is 41.6 Å². The van der Waals surface area contributed by atoms with Crippen molar-refractivity contribution in [3.05, 3.63) is 0 Å². The zero-order chi connectivity index (χ0) is 16.2. The number of ether oxygens (including phenoxy) is 1. The van der Waals surface area contributed by atoms with Gasteiger partial charge < -0.3 is 20.7 Å². The molecule has 6 nitrogen and oxygen atoms in total. The van der Waals surface area contributed by atoms with E-state index in [4.69, 9.17) is 4.74 Å². The zero-order valence-corrected chi connectivity index (χ0v) is 14.5. The normalized spacial score (nSPS) is 17.1. The van der Waals surface area contributed by atoms with Crippen LogP contribution in [0.5, 0.6) is 0 Å². The summed E-state index contributed by atoms with van der Waals surface area (Å²) in [6, 6.07) is 0.462. The molecule has 0 aromatic carbocycles. The van der Waals surface area contributed by atoms with Crippen molar-refractivity contribution in [1.82, 2.24) is 20.9 Å². The second-order valence-electron chi connectivity index (χ2n) is 6.16. The monoisotopic (exact) mass is 314 g/mol. The number of rotatable bonds is 11. The van der Waals surface area contributed by atoms with Gasteiger partial charge in [0.25, 0.3) is 0 Å². The maximum atomic E-state index is 11.9. The molecule has 0 spiro atoms. The first-order chi connectivity index (χ1) is 10.6. The van der Waals surface area contributed by atoms with E-state index < -0.39 is 0 Å². The number of likely N-dealkylation sites (tertiary alicyclic amines) is 1. The Morgan fingerprint density at radius 3 is 2.59 bits per heavy atom. The first-order valence-electron chi connectivity index (χ1n) is 8.66. The third-order valence-corrected chi connectivity index (χ3v) is 3.78. The van der Waals surface area contributed by atoms with Crippen LogP contribution in [0.25, 0.3) is 0 Å². The van der Waals surface area contributed by atoms with Crippen molar-refractivity contribution in [2.75, 3.05) is 52.4 Å². The molecule has 0 saturated carbocycles. The quantitative estimate of drug-likeness (QED) is 0.475. The Hall–Kier alpha value is -0.690. The van der Waals surface area contributed by atoms with E-state index in [1.807, 2.05) is 0 Å². The molecule has 0 bridgehead atoms. The molecule has 0 aromatic rings. The largest absolute Gasteiger partial charge is 0.377 e. The molecule has 1 fully saturated rings. The van der Waals surface area contributed by atoms with E-state index in [0.717, 1.165) is 52.2 Å². The minimum Gasteiger partial charge on any atom is -0.377 e. The molecule has 0 unspecified atom stereocenters. The highest BCUT2D eigenvalue weighted by Crippen LogP contribution is 2.12. The Labute approximate surface area is 135 Å². The molecule has 3 N–H and O–H groups in total. The molecule has 0 radical (unpaired) electrons. The van der Waals surface area contributed by atoms with Crippen molar-refractivity contribution >= 4 is 5.91 Å². The van der Waals surface area contributed by atoms with Crippen LogP contribution in [0.15, 0.2) is 0 Å². The van der Waals surface area contributed by atoms with Gasteiger partial charge in [0.1, 0.15) is 0 Å². The lowest BCUT2D eigenvalue weighted by molar-refractivity contribution is -0.122. The van der Waals surface area contributed by atoms with E-state index in [0.29, 0.717) is 25.2 Å². The summed E-state index contributed by atoms with van der Waals surface area (Å²) in [6.07, 6.45) is 2.40. The van der Waals surface area contributed by atoms with Crippen LogP contribution in [0.2, 0.25) is 0 Å². The highest BCUT2D eigenvalue weighted by Gasteiger charge is 2.20. The van der Waals surface area contributed by atoms with Crippen LogP contribution in [0.4, 0.5) is 0 Å². The van der Waals surface area contributed by atoms with E-state index in [-0.39, 0.29) is 5.91 Å². The Morgan fingerprint density at radius 2 is 1.95 bits per heavy atom. The molecule has 1 heterocycles. The topological polar surface area (TPSA) is 65.6 Å². The van der Waals surface area contributed by atoms with Crippen LogP contribution < -0.4 is 16.0 Å². The number of likely N-dealkylation sites (N-methyl/N-ethyl adjacent to an activating group) is 1. The fourth-order valence-corrected chi connectivity index (χ4v) is 2.53. The summed E-state index contributed by atoms with van der Waals surface area (Å²) in [5.41, 5.74) is 0. The number of nitrogens with one attached hydrogen (secondary N) is 3. The van der Waals surface area contributed by atoms with Gasteiger partial charge >= 0.3 is 0 Å². The van der Waals surface area contributed by atoms with Crippen molar-refractivity contribution < 1.29 is 9.53 Å². The number of hydrogen-bond acceptors (Lipinski definition) is 5. The van der Waals surface area contributed by atoms with Gasteiger partial charge in [-0.1, -0.05) is 20.8 Å². The van der Waals surface area contributed by atoms with Crippen LogP contribution in [0.3, 0.4) is 0 Å². The third-order valence-electron chi connectivity index (χ3n) is 3.78. The third kappa shape index (κ3) is 9.35. The Balaban J connectivity index is 2.03. The summed E-state index contributed by atoms with van der Waals surface area (Å²) in [5.74, 6) is 0.122. The van der Waals surface area contributed by atoms with Crippen molar-refractivity contribution in [3.63, 3.8) is 0 Å². The zero-order valence-electron chi connectivity index (χ0n) is 14.5. The Bertz CT molecular complexity index is 292. The standard InChI is InChI=1S/C16H34N4O2/c1-4-17-9-12-22-15-5-10-20(11-6-15)13-16(21)19-8-7-18-14(2)3/h14-15,17-18H,4-13H2,1-3H3,(H,19,21). The van der Waals surface area contributed by atoms with Gasteiger partial charge in [0.2, 0.25) is 5.91 Å². The van der Waals surface area contributed by atoms with Crippen LogP contribution in [-0.4, -0.2) is 75.4 Å². The number of nitrogens with zero attached hydrogens (tertiary/aromatic N) is 1. The maximum absolute atomic E-state index is 11.9. The molecule has 0 aliphatic carbocycles. The minimum absolute atomic E-state index is 0.122. The second-order valence-corrected chi connectivity index (χ2v) is 6.16. The highest BCUT2D eigenvalue weighted by molar-refractivity contribution is 5.78. The highest BCUT2D eigenvalue weighted by atomic mass is 16.5. The Morgan fingerprint density at radius 1 is 1.23 bits per heavy atom. The van der Waals surface area contributed by atoms with Crippen LogP contribution in [0, 0.1) is 0 Å². The van der Waals surface area contributed by atoms with Crippen molar-refractivity contribution in [3.8, 4) is 0 Å². The van der Waals surface area contributed by atoms with Gasteiger partial charge in [-0.25, -0.2) is 0 Å². The molecule has 1 amide bonds. The molecule has 1 aliphatic rings. The van der Waals surface area contributed by atoms with Crippen molar-refractivity contribution in [1.29, 1.82) is 0 Å². The van der Waals surface area contributed by atoms with Crippen LogP contribution in [-0.2, 0) is 9.53 Å². The van der Waals surface area contributed by atoms with Gasteiger partial charge in [-0.05, 0) is 19.4 Å². The lowest BCUT2D eigenvalue weighted by atomic mass is 10.1. The predicted molar refractivity (Wildman–Crippen MR) is 90.1 cm³/mol. The fraction of sp³-hybridized carbons (Fsp3) is 0.938. The number of carbonyl (C=O) groups is 1. The SMILES string of the molecule is CCNCCOC1CCN(CC(=O)NCCNC(C)C)CC1. The number of hydrogen-bond donors (Lipinski definition) is 3. The molecule has 6 heteroatoms. The van der Waals surface area contributed by atoms with E-state index in [1.165, 1.54) is 0 Å². The van der Waals surface area contributed by atoms with E-state index in [1.54, 1.807) is 0 Å². The summed E-state index contributed by atoms with van der Waals surface area (Å²) in [7, 11) is 0. The Kier molecular flexibility index (Phi) is 10.4. The molecule has 0 atom stereocenters. The molecular weight excluding hydrogens is 280 g/mol.